The van der Waals surface area contributed by atoms with E-state index in [1.54, 1.807) is 6.08 Å². The van der Waals surface area contributed by atoms with Gasteiger partial charge in [0.2, 0.25) is 5.91 Å². The van der Waals surface area contributed by atoms with E-state index < -0.39 is 48.8 Å². The first kappa shape index (κ1) is 28.3. The number of ether oxygens (including phenoxy) is 4. The Morgan fingerprint density at radius 3 is 2.35 bits per heavy atom. The summed E-state index contributed by atoms with van der Waals surface area (Å²) >= 11 is 0. The Morgan fingerprint density at radius 2 is 1.75 bits per heavy atom. The van der Waals surface area contributed by atoms with Gasteiger partial charge in [0, 0.05) is 36.5 Å². The van der Waals surface area contributed by atoms with E-state index in [1.807, 2.05) is 0 Å². The molecular formula is C28H30F3NO8. The van der Waals surface area contributed by atoms with Gasteiger partial charge < -0.3 is 29.4 Å². The summed E-state index contributed by atoms with van der Waals surface area (Å²) in [5.41, 5.74) is 1.04. The molecule has 2 saturated carbocycles. The van der Waals surface area contributed by atoms with Gasteiger partial charge in [-0.3, -0.25) is 4.79 Å². The minimum Gasteiger partial charge on any atom is -0.456 e. The van der Waals surface area contributed by atoms with Gasteiger partial charge in [-0.25, -0.2) is 9.59 Å². The summed E-state index contributed by atoms with van der Waals surface area (Å²) in [6, 6.07) is 5.92. The van der Waals surface area contributed by atoms with Crippen molar-refractivity contribution < 1.29 is 51.6 Å². The number of aliphatic hydroxyl groups excluding tert-OH is 1. The molecule has 0 radical (unpaired) electrons. The van der Waals surface area contributed by atoms with E-state index in [9.17, 15) is 27.6 Å². The molecule has 1 heterocycles. The van der Waals surface area contributed by atoms with Crippen LogP contribution in [0.5, 0.6) is 0 Å². The molecule has 4 aliphatic rings. The fraction of sp³-hybridized carbons (Fsp3) is 0.536. The molecule has 5 rings (SSSR count). The lowest BCUT2D eigenvalue weighted by molar-refractivity contribution is -0.209. The van der Waals surface area contributed by atoms with Gasteiger partial charge in [-0.1, -0.05) is 12.1 Å². The number of aliphatic hydroxyl groups is 1. The van der Waals surface area contributed by atoms with E-state index in [0.29, 0.717) is 11.1 Å². The third-order valence-corrected chi connectivity index (χ3v) is 7.29. The Balaban J connectivity index is 1.26. The highest BCUT2D eigenvalue weighted by Crippen LogP contribution is 2.59. The number of benzene rings is 1. The van der Waals surface area contributed by atoms with Crippen LogP contribution in [-0.4, -0.2) is 73.0 Å². The predicted octanol–water partition coefficient (Wildman–Crippen LogP) is 3.07. The molecule has 0 bridgehead atoms. The molecular weight excluding hydrogens is 535 g/mol. The normalized spacial score (nSPS) is 25.7. The van der Waals surface area contributed by atoms with Gasteiger partial charge in [-0.2, -0.15) is 13.2 Å². The Kier molecular flexibility index (Phi) is 8.03. The first-order valence-corrected chi connectivity index (χ1v) is 13.3. The maximum absolute atomic E-state index is 13.1. The monoisotopic (exact) mass is 565 g/mol. The Hall–Kier alpha value is -3.22. The predicted molar refractivity (Wildman–Crippen MR) is 132 cm³/mol. The lowest BCUT2D eigenvalue weighted by Gasteiger charge is -2.31. The molecule has 1 saturated heterocycles. The van der Waals surface area contributed by atoms with Crippen LogP contribution in [-0.2, 0) is 28.5 Å². The summed E-state index contributed by atoms with van der Waals surface area (Å²) in [7, 11) is 0. The summed E-state index contributed by atoms with van der Waals surface area (Å²) in [6.07, 6.45) is 1.40. The second kappa shape index (κ2) is 11.3. The first-order valence-electron chi connectivity index (χ1n) is 13.3. The summed E-state index contributed by atoms with van der Waals surface area (Å²) < 4.78 is 59.5. The molecule has 3 fully saturated rings. The van der Waals surface area contributed by atoms with E-state index in [1.165, 1.54) is 30.3 Å². The van der Waals surface area contributed by atoms with Crippen LogP contribution in [0.15, 0.2) is 42.0 Å². The number of fused-ring (bicyclic) bond motifs is 1. The molecule has 12 heteroatoms. The lowest BCUT2D eigenvalue weighted by Crippen LogP contribution is -2.44. The average molecular weight is 566 g/mol. The Labute approximate surface area is 228 Å². The van der Waals surface area contributed by atoms with Crippen LogP contribution >= 0.6 is 0 Å². The number of alkyl halides is 3. The van der Waals surface area contributed by atoms with Crippen LogP contribution in [0.4, 0.5) is 13.2 Å². The number of amides is 1. The van der Waals surface area contributed by atoms with Gasteiger partial charge in [0.15, 0.2) is 12.4 Å². The Morgan fingerprint density at radius 1 is 1.07 bits per heavy atom. The minimum atomic E-state index is -4.61. The lowest BCUT2D eigenvalue weighted by atomic mass is 9.91. The molecule has 0 unspecified atom stereocenters. The van der Waals surface area contributed by atoms with Crippen LogP contribution in [0.2, 0.25) is 0 Å². The highest BCUT2D eigenvalue weighted by Gasteiger charge is 2.64. The van der Waals surface area contributed by atoms with Crippen LogP contribution < -0.4 is 5.32 Å². The van der Waals surface area contributed by atoms with Crippen LogP contribution in [0, 0.1) is 11.8 Å². The van der Waals surface area contributed by atoms with Crippen molar-refractivity contribution in [1.29, 1.82) is 0 Å². The fourth-order valence-electron chi connectivity index (χ4n) is 5.15. The van der Waals surface area contributed by atoms with Crippen molar-refractivity contribution in [1.82, 2.24) is 5.32 Å². The summed E-state index contributed by atoms with van der Waals surface area (Å²) in [5.74, 6) is -2.37. The van der Waals surface area contributed by atoms with Crippen LogP contribution in [0.1, 0.15) is 48.0 Å². The third kappa shape index (κ3) is 6.56. The fourth-order valence-corrected chi connectivity index (χ4v) is 5.15. The van der Waals surface area contributed by atoms with E-state index >= 15 is 0 Å². The molecule has 1 aliphatic heterocycles. The van der Waals surface area contributed by atoms with Crippen molar-refractivity contribution in [3.05, 3.63) is 53.1 Å². The van der Waals surface area contributed by atoms with Gasteiger partial charge >= 0.3 is 18.1 Å². The van der Waals surface area contributed by atoms with Crippen molar-refractivity contribution in [3.63, 3.8) is 0 Å². The quantitative estimate of drug-likeness (QED) is 0.328. The van der Waals surface area contributed by atoms with Gasteiger partial charge in [0.25, 0.3) is 0 Å². The molecule has 1 aromatic carbocycles. The highest BCUT2D eigenvalue weighted by molar-refractivity contribution is 5.94. The molecule has 0 aromatic heterocycles. The van der Waals surface area contributed by atoms with E-state index in [2.05, 4.69) is 10.1 Å². The number of carbonyl (C=O) groups is 3. The SMILES string of the molecule is O=C(C=Cc1ccc(C(=O)O[C@@H]2CC(C(=O)NCCO)=C[C@H]3OC(C4CC4)(C4CC4)O[C@H]32)cc1)OCC(F)(F)F. The summed E-state index contributed by atoms with van der Waals surface area (Å²) in [5, 5.41) is 11.7. The molecule has 1 amide bonds. The van der Waals surface area contributed by atoms with Crippen molar-refractivity contribution >= 4 is 23.9 Å². The third-order valence-electron chi connectivity index (χ3n) is 7.29. The van der Waals surface area contributed by atoms with Gasteiger partial charge in [0.1, 0.15) is 18.3 Å². The van der Waals surface area contributed by atoms with Crippen LogP contribution in [0.3, 0.4) is 0 Å². The van der Waals surface area contributed by atoms with Gasteiger partial charge in [0.05, 0.1) is 12.2 Å². The summed E-state index contributed by atoms with van der Waals surface area (Å²) in [4.78, 5) is 37.3. The molecule has 0 spiro atoms. The molecule has 216 valence electrons. The summed E-state index contributed by atoms with van der Waals surface area (Å²) in [6.45, 7) is -1.81. The molecule has 9 nitrogen and oxygen atoms in total. The van der Waals surface area contributed by atoms with Crippen LogP contribution in [0.25, 0.3) is 6.08 Å². The number of carbonyl (C=O) groups excluding carboxylic acids is 3. The van der Waals surface area contributed by atoms with Crippen molar-refractivity contribution in [2.24, 2.45) is 11.8 Å². The number of hydrogen-bond acceptors (Lipinski definition) is 8. The minimum absolute atomic E-state index is 0.0843. The first-order chi connectivity index (χ1) is 19.1. The maximum atomic E-state index is 13.1. The van der Waals surface area contributed by atoms with Gasteiger partial charge in [-0.15, -0.1) is 0 Å². The second-order valence-corrected chi connectivity index (χ2v) is 10.4. The zero-order chi connectivity index (χ0) is 28.5. The number of nitrogens with one attached hydrogen (secondary N) is 1. The Bertz CT molecular complexity index is 1170. The largest absolute Gasteiger partial charge is 0.456 e. The second-order valence-electron chi connectivity index (χ2n) is 10.4. The zero-order valence-corrected chi connectivity index (χ0v) is 21.5. The molecule has 1 aromatic rings. The zero-order valence-electron chi connectivity index (χ0n) is 21.5. The number of hydrogen-bond donors (Lipinski definition) is 2. The van der Waals surface area contributed by atoms with E-state index in [0.717, 1.165) is 31.8 Å². The van der Waals surface area contributed by atoms with E-state index in [4.69, 9.17) is 19.3 Å². The number of esters is 2. The topological polar surface area (TPSA) is 120 Å². The molecule has 2 N–H and O–H groups in total. The molecule has 3 atom stereocenters. The highest BCUT2D eigenvalue weighted by atomic mass is 19.4. The molecule has 40 heavy (non-hydrogen) atoms. The standard InChI is InChI=1S/C28H30F3NO8/c29-27(30,31)15-37-23(34)10-3-16-1-4-17(5-2-16)26(36)38-21-13-18(25(35)32-11-12-33)14-22-24(21)40-28(39-22,19-6-7-19)20-8-9-20/h1-5,10,14,19-22,24,33H,6-9,11-13,15H2,(H,32,35)/t21-,22-,24+/m1/s1. The van der Waals surface area contributed by atoms with E-state index in [-0.39, 0.29) is 42.9 Å². The van der Waals surface area contributed by atoms with Crippen molar-refractivity contribution in [2.45, 2.75) is 62.4 Å². The van der Waals surface area contributed by atoms with Crippen molar-refractivity contribution in [2.75, 3.05) is 19.8 Å². The number of rotatable bonds is 10. The number of halogens is 3. The maximum Gasteiger partial charge on any atom is 0.422 e. The smallest absolute Gasteiger partial charge is 0.422 e. The average Bonchev–Trinajstić information content (AvgIpc) is 3.86. The van der Waals surface area contributed by atoms with Gasteiger partial charge in [-0.05, 0) is 55.5 Å². The van der Waals surface area contributed by atoms with Crippen molar-refractivity contribution in [3.8, 4) is 0 Å². The molecule has 3 aliphatic carbocycles.